The smallest absolute Gasteiger partial charge is 0.239 e. The molecule has 0 spiro atoms. The molecule has 1 rings (SSSR count). The van der Waals surface area contributed by atoms with Crippen LogP contribution in [-0.4, -0.2) is 12.9 Å². The molecule has 0 aliphatic rings. The van der Waals surface area contributed by atoms with E-state index in [1.54, 1.807) is 18.4 Å². The Morgan fingerprint density at radius 2 is 1.92 bits per heavy atom. The van der Waals surface area contributed by atoms with Gasteiger partial charge in [0.2, 0.25) is 6.29 Å². The molecule has 0 bridgehead atoms. The van der Waals surface area contributed by atoms with Gasteiger partial charge in [0.05, 0.1) is 10.0 Å². The Kier molecular flexibility index (Phi) is 3.58. The lowest BCUT2D eigenvalue weighted by atomic mass is 10.2. The van der Waals surface area contributed by atoms with Crippen molar-refractivity contribution >= 4 is 29.5 Å². The maximum Gasteiger partial charge on any atom is 0.239 e. The van der Waals surface area contributed by atoms with Crippen molar-refractivity contribution in [2.45, 2.75) is 6.92 Å². The van der Waals surface area contributed by atoms with E-state index in [2.05, 4.69) is 0 Å². The van der Waals surface area contributed by atoms with E-state index in [1.165, 1.54) is 0 Å². The number of rotatable bonds is 3. The number of carbonyl (C=O) groups excluding carboxylic acids is 1. The first-order chi connectivity index (χ1) is 6.15. The molecule has 4 heteroatoms. The van der Waals surface area contributed by atoms with Gasteiger partial charge in [0.25, 0.3) is 0 Å². The molecule has 69 valence electrons. The first kappa shape index (κ1) is 10.4. The van der Waals surface area contributed by atoms with Crippen LogP contribution in [0.25, 0.3) is 0 Å². The molecule has 0 aliphatic carbocycles. The normalized spacial score (nSPS) is 9.77. The summed E-state index contributed by atoms with van der Waals surface area (Å²) in [6.07, 6.45) is 1.60. The fourth-order valence-electron chi connectivity index (χ4n) is 0.926. The Labute approximate surface area is 86.4 Å². The summed E-state index contributed by atoms with van der Waals surface area (Å²) in [7, 11) is 0. The van der Waals surface area contributed by atoms with Crippen molar-refractivity contribution in [3.05, 3.63) is 27.7 Å². The van der Waals surface area contributed by atoms with Gasteiger partial charge in [-0.3, -0.25) is 4.79 Å². The van der Waals surface area contributed by atoms with Crippen LogP contribution < -0.4 is 4.74 Å². The number of aryl methyl sites for hydroxylation is 1. The van der Waals surface area contributed by atoms with Crippen LogP contribution in [0, 0.1) is 6.92 Å². The van der Waals surface area contributed by atoms with E-state index in [0.717, 1.165) is 5.56 Å². The van der Waals surface area contributed by atoms with Crippen molar-refractivity contribution in [3.63, 3.8) is 0 Å². The maximum atomic E-state index is 9.93. The van der Waals surface area contributed by atoms with Crippen molar-refractivity contribution < 1.29 is 9.53 Å². The number of halogens is 2. The highest BCUT2D eigenvalue weighted by atomic mass is 35.5. The zero-order chi connectivity index (χ0) is 9.84. The monoisotopic (exact) mass is 217 g/mol. The highest BCUT2D eigenvalue weighted by Gasteiger charge is 2.07. The average Bonchev–Trinajstić information content (AvgIpc) is 2.02. The fourth-order valence-corrected chi connectivity index (χ4v) is 1.63. The van der Waals surface area contributed by atoms with Gasteiger partial charge in [0, 0.05) is 0 Å². The number of hydrogen-bond acceptors (Lipinski definition) is 2. The van der Waals surface area contributed by atoms with Crippen LogP contribution in [0.2, 0.25) is 10.0 Å². The molecule has 0 aliphatic heterocycles. The minimum atomic E-state index is -0.164. The SMILES string of the molecule is Cc1cc(Cl)c(OC[C]=O)c(Cl)c1. The molecule has 0 aromatic heterocycles. The van der Waals surface area contributed by atoms with Gasteiger partial charge in [-0.15, -0.1) is 0 Å². The molecule has 0 amide bonds. The lowest BCUT2D eigenvalue weighted by Crippen LogP contribution is -1.98. The first-order valence-corrected chi connectivity index (χ1v) is 4.34. The minimum absolute atomic E-state index is 0.164. The van der Waals surface area contributed by atoms with Gasteiger partial charge in [-0.2, -0.15) is 0 Å². The largest absolute Gasteiger partial charge is 0.482 e. The molecule has 0 N–H and O–H groups in total. The van der Waals surface area contributed by atoms with Crippen LogP contribution >= 0.6 is 23.2 Å². The predicted molar refractivity (Wildman–Crippen MR) is 52.4 cm³/mol. The molecule has 0 fully saturated rings. The molecule has 0 saturated carbocycles. The molecule has 13 heavy (non-hydrogen) atoms. The van der Waals surface area contributed by atoms with E-state index in [4.69, 9.17) is 27.9 Å². The standard InChI is InChI=1S/C9H7Cl2O2/c1-6-4-7(10)9(8(11)5-6)13-3-2-12/h4-5H,3H2,1H3. The van der Waals surface area contributed by atoms with Crippen molar-refractivity contribution in [2.75, 3.05) is 6.61 Å². The second-order valence-corrected chi connectivity index (χ2v) is 3.31. The van der Waals surface area contributed by atoms with Crippen molar-refractivity contribution in [1.82, 2.24) is 0 Å². The molecular formula is C9H7Cl2O2. The molecular weight excluding hydrogens is 211 g/mol. The Morgan fingerprint density at radius 1 is 1.38 bits per heavy atom. The zero-order valence-electron chi connectivity index (χ0n) is 6.93. The Balaban J connectivity index is 2.98. The van der Waals surface area contributed by atoms with E-state index < -0.39 is 0 Å². The Bertz CT molecular complexity index is 300. The highest BCUT2D eigenvalue weighted by Crippen LogP contribution is 2.33. The third kappa shape index (κ3) is 2.61. The summed E-state index contributed by atoms with van der Waals surface area (Å²) < 4.78 is 4.98. The fraction of sp³-hybridized carbons (Fsp3) is 0.222. The number of hydrogen-bond donors (Lipinski definition) is 0. The number of ether oxygens (including phenoxy) is 1. The van der Waals surface area contributed by atoms with Gasteiger partial charge in [-0.1, -0.05) is 23.2 Å². The van der Waals surface area contributed by atoms with Gasteiger partial charge in [-0.25, -0.2) is 0 Å². The van der Waals surface area contributed by atoms with Gasteiger partial charge >= 0.3 is 0 Å². The quantitative estimate of drug-likeness (QED) is 0.779. The molecule has 0 unspecified atom stereocenters. The molecule has 1 aromatic rings. The average molecular weight is 218 g/mol. The zero-order valence-corrected chi connectivity index (χ0v) is 8.45. The first-order valence-electron chi connectivity index (χ1n) is 3.58. The van der Waals surface area contributed by atoms with Crippen LogP contribution in [0.1, 0.15) is 5.56 Å². The van der Waals surface area contributed by atoms with Crippen LogP contribution in [0.4, 0.5) is 0 Å². The molecule has 1 aromatic carbocycles. The Hall–Kier alpha value is -0.730. The van der Waals surface area contributed by atoms with Gasteiger partial charge < -0.3 is 4.74 Å². The lowest BCUT2D eigenvalue weighted by molar-refractivity contribution is 0.365. The molecule has 0 atom stereocenters. The predicted octanol–water partition coefficient (Wildman–Crippen LogP) is 2.79. The van der Waals surface area contributed by atoms with Crippen LogP contribution in [0.3, 0.4) is 0 Å². The summed E-state index contributed by atoms with van der Waals surface area (Å²) >= 11 is 11.7. The third-order valence-electron chi connectivity index (χ3n) is 1.42. The minimum Gasteiger partial charge on any atom is -0.482 e. The van der Waals surface area contributed by atoms with Gasteiger partial charge in [-0.05, 0) is 24.6 Å². The second kappa shape index (κ2) is 4.49. The van der Waals surface area contributed by atoms with Crippen molar-refractivity contribution in [3.8, 4) is 5.75 Å². The summed E-state index contributed by atoms with van der Waals surface area (Å²) in [6.45, 7) is 1.70. The summed E-state index contributed by atoms with van der Waals surface area (Å²) in [5.41, 5.74) is 0.942. The summed E-state index contributed by atoms with van der Waals surface area (Å²) in [6, 6.07) is 3.43. The van der Waals surface area contributed by atoms with E-state index in [-0.39, 0.29) is 6.61 Å². The topological polar surface area (TPSA) is 26.3 Å². The van der Waals surface area contributed by atoms with Crippen LogP contribution in [0.15, 0.2) is 12.1 Å². The third-order valence-corrected chi connectivity index (χ3v) is 1.98. The second-order valence-electron chi connectivity index (χ2n) is 2.49. The van der Waals surface area contributed by atoms with Crippen molar-refractivity contribution in [1.29, 1.82) is 0 Å². The lowest BCUT2D eigenvalue weighted by Gasteiger charge is -2.07. The van der Waals surface area contributed by atoms with E-state index in [1.807, 2.05) is 6.92 Å². The molecule has 0 saturated heterocycles. The summed E-state index contributed by atoms with van der Waals surface area (Å²) in [4.78, 5) is 9.93. The van der Waals surface area contributed by atoms with Gasteiger partial charge in [0.15, 0.2) is 12.4 Å². The van der Waals surface area contributed by atoms with E-state index in [9.17, 15) is 4.79 Å². The summed E-state index contributed by atoms with van der Waals surface area (Å²) in [5, 5.41) is 0.806. The van der Waals surface area contributed by atoms with E-state index >= 15 is 0 Å². The summed E-state index contributed by atoms with van der Waals surface area (Å²) in [5.74, 6) is 0.331. The van der Waals surface area contributed by atoms with Gasteiger partial charge in [0.1, 0.15) is 0 Å². The molecule has 0 heterocycles. The number of benzene rings is 1. The molecule has 2 nitrogen and oxygen atoms in total. The van der Waals surface area contributed by atoms with E-state index in [0.29, 0.717) is 15.8 Å². The maximum absolute atomic E-state index is 9.93. The highest BCUT2D eigenvalue weighted by molar-refractivity contribution is 6.37. The van der Waals surface area contributed by atoms with Crippen molar-refractivity contribution in [2.24, 2.45) is 0 Å². The molecule has 1 radical (unpaired) electrons. The van der Waals surface area contributed by atoms with Crippen LogP contribution in [-0.2, 0) is 4.79 Å². The Morgan fingerprint density at radius 3 is 2.38 bits per heavy atom. The van der Waals surface area contributed by atoms with Crippen LogP contribution in [0.5, 0.6) is 5.75 Å².